The molecule has 1 aliphatic carbocycles. The Kier molecular flexibility index (Phi) is 6.81. The van der Waals surface area contributed by atoms with E-state index in [1.165, 1.54) is 6.42 Å². The number of hydrogen-bond donors (Lipinski definition) is 1. The molecule has 0 amide bonds. The van der Waals surface area contributed by atoms with Crippen molar-refractivity contribution in [2.24, 2.45) is 5.92 Å². The van der Waals surface area contributed by atoms with Gasteiger partial charge < -0.3 is 9.63 Å². The van der Waals surface area contributed by atoms with Crippen LogP contribution < -0.4 is 0 Å². The number of allylic oxidation sites excluding steroid dienone is 1. The Morgan fingerprint density at radius 3 is 2.42 bits per heavy atom. The van der Waals surface area contributed by atoms with E-state index in [0.717, 1.165) is 25.7 Å². The molecule has 1 N–H and O–H groups in total. The highest BCUT2D eigenvalue weighted by molar-refractivity contribution is 7.59. The second-order valence-corrected chi connectivity index (χ2v) is 7.94. The highest BCUT2D eigenvalue weighted by Gasteiger charge is 2.26. The SMILES string of the molecule is CCOP(=O)(CC)C/C(=C\C1CCCCC1)C(=O)O. The molecule has 0 aromatic heterocycles. The summed E-state index contributed by atoms with van der Waals surface area (Å²) in [4.78, 5) is 11.3. The third kappa shape index (κ3) is 5.50. The summed E-state index contributed by atoms with van der Waals surface area (Å²) in [5, 5.41) is 9.29. The smallest absolute Gasteiger partial charge is 0.331 e. The van der Waals surface area contributed by atoms with Gasteiger partial charge in [-0.15, -0.1) is 0 Å². The van der Waals surface area contributed by atoms with Crippen LogP contribution in [0.25, 0.3) is 0 Å². The molecule has 0 saturated heterocycles. The summed E-state index contributed by atoms with van der Waals surface area (Å²) in [6.45, 7) is 3.94. The van der Waals surface area contributed by atoms with Crippen molar-refractivity contribution in [3.05, 3.63) is 11.6 Å². The molecule has 1 unspecified atom stereocenters. The zero-order valence-corrected chi connectivity index (χ0v) is 12.8. The molecule has 1 aliphatic rings. The molecule has 19 heavy (non-hydrogen) atoms. The summed E-state index contributed by atoms with van der Waals surface area (Å²) < 4.78 is 17.7. The van der Waals surface area contributed by atoms with Gasteiger partial charge in [-0.05, 0) is 25.7 Å². The zero-order valence-electron chi connectivity index (χ0n) is 11.9. The van der Waals surface area contributed by atoms with Gasteiger partial charge in [0.1, 0.15) is 0 Å². The second-order valence-electron chi connectivity index (χ2n) is 5.10. The Labute approximate surface area is 115 Å². The summed E-state index contributed by atoms with van der Waals surface area (Å²) in [6.07, 6.45) is 7.90. The Bertz CT molecular complexity index is 370. The van der Waals surface area contributed by atoms with Gasteiger partial charge in [-0.25, -0.2) is 4.79 Å². The lowest BCUT2D eigenvalue weighted by atomic mass is 9.88. The van der Waals surface area contributed by atoms with E-state index in [2.05, 4.69) is 0 Å². The van der Waals surface area contributed by atoms with Crippen molar-refractivity contribution in [1.82, 2.24) is 0 Å². The Morgan fingerprint density at radius 2 is 1.95 bits per heavy atom. The molecule has 0 heterocycles. The van der Waals surface area contributed by atoms with Crippen molar-refractivity contribution < 1.29 is 19.0 Å². The van der Waals surface area contributed by atoms with Crippen molar-refractivity contribution in [2.45, 2.75) is 46.0 Å². The molecule has 0 bridgehead atoms. The van der Waals surface area contributed by atoms with Crippen LogP contribution in [-0.4, -0.2) is 30.0 Å². The minimum atomic E-state index is -2.83. The number of hydrogen-bond acceptors (Lipinski definition) is 3. The molecule has 4 nitrogen and oxygen atoms in total. The summed E-state index contributed by atoms with van der Waals surface area (Å²) in [7, 11) is -2.83. The average molecular weight is 288 g/mol. The molecule has 0 aromatic carbocycles. The van der Waals surface area contributed by atoms with Gasteiger partial charge in [0.15, 0.2) is 0 Å². The second kappa shape index (κ2) is 7.86. The molecule has 110 valence electrons. The van der Waals surface area contributed by atoms with Crippen LogP contribution in [0.5, 0.6) is 0 Å². The van der Waals surface area contributed by atoms with Crippen LogP contribution in [0.3, 0.4) is 0 Å². The van der Waals surface area contributed by atoms with Gasteiger partial charge in [0.05, 0.1) is 12.8 Å². The average Bonchev–Trinajstić information content (AvgIpc) is 2.39. The maximum atomic E-state index is 12.4. The number of rotatable bonds is 7. The van der Waals surface area contributed by atoms with Gasteiger partial charge in [0.25, 0.3) is 0 Å². The van der Waals surface area contributed by atoms with Crippen molar-refractivity contribution >= 4 is 13.3 Å². The standard InChI is InChI=1S/C14H25O4P/c1-3-18-19(17,4-2)11-13(14(15)16)10-12-8-6-5-7-9-12/h10,12H,3-9,11H2,1-2H3,(H,15,16)/b13-10+. The molecule has 1 saturated carbocycles. The summed E-state index contributed by atoms with van der Waals surface area (Å²) in [6, 6.07) is 0. The van der Waals surface area contributed by atoms with E-state index >= 15 is 0 Å². The van der Waals surface area contributed by atoms with Crippen LogP contribution in [0.1, 0.15) is 46.0 Å². The minimum Gasteiger partial charge on any atom is -0.478 e. The van der Waals surface area contributed by atoms with E-state index in [9.17, 15) is 14.5 Å². The predicted octanol–water partition coefficient (Wildman–Crippen LogP) is 3.91. The van der Waals surface area contributed by atoms with E-state index in [0.29, 0.717) is 18.7 Å². The monoisotopic (exact) mass is 288 g/mol. The largest absolute Gasteiger partial charge is 0.478 e. The number of carbonyl (C=O) groups is 1. The first kappa shape index (κ1) is 16.5. The summed E-state index contributed by atoms with van der Waals surface area (Å²) >= 11 is 0. The van der Waals surface area contributed by atoms with Gasteiger partial charge in [-0.3, -0.25) is 4.57 Å². The highest BCUT2D eigenvalue weighted by Crippen LogP contribution is 2.48. The third-order valence-corrected chi connectivity index (χ3v) is 6.13. The van der Waals surface area contributed by atoms with Gasteiger partial charge in [0.2, 0.25) is 7.37 Å². The lowest BCUT2D eigenvalue weighted by Gasteiger charge is -2.21. The zero-order chi connectivity index (χ0) is 14.3. The fourth-order valence-electron chi connectivity index (χ4n) is 2.52. The Hall–Kier alpha value is -0.600. The van der Waals surface area contributed by atoms with E-state index in [4.69, 9.17) is 4.52 Å². The van der Waals surface area contributed by atoms with Crippen molar-refractivity contribution in [3.63, 3.8) is 0 Å². The van der Waals surface area contributed by atoms with E-state index in [1.807, 2.05) is 6.08 Å². The van der Waals surface area contributed by atoms with Crippen LogP contribution in [0.2, 0.25) is 0 Å². The van der Waals surface area contributed by atoms with Gasteiger partial charge >= 0.3 is 5.97 Å². The molecular formula is C14H25O4P. The maximum absolute atomic E-state index is 12.4. The fraction of sp³-hybridized carbons (Fsp3) is 0.786. The number of carboxylic acids is 1. The summed E-state index contributed by atoms with van der Waals surface area (Å²) in [5.74, 6) is -0.634. The van der Waals surface area contributed by atoms with E-state index in [1.54, 1.807) is 13.8 Å². The summed E-state index contributed by atoms with van der Waals surface area (Å²) in [5.41, 5.74) is 0.269. The molecular weight excluding hydrogens is 263 g/mol. The lowest BCUT2D eigenvalue weighted by Crippen LogP contribution is -2.12. The van der Waals surface area contributed by atoms with Gasteiger partial charge in [0, 0.05) is 11.7 Å². The van der Waals surface area contributed by atoms with Crippen molar-refractivity contribution in [3.8, 4) is 0 Å². The minimum absolute atomic E-state index is 0.0587. The molecule has 0 radical (unpaired) electrons. The molecule has 1 atom stereocenters. The van der Waals surface area contributed by atoms with Crippen LogP contribution in [-0.2, 0) is 13.9 Å². The number of carboxylic acid groups (broad SMARTS) is 1. The molecule has 5 heteroatoms. The Morgan fingerprint density at radius 1 is 1.32 bits per heavy atom. The van der Waals surface area contributed by atoms with Crippen LogP contribution in [0.15, 0.2) is 11.6 Å². The van der Waals surface area contributed by atoms with Crippen molar-refractivity contribution in [2.75, 3.05) is 18.9 Å². The van der Waals surface area contributed by atoms with Crippen LogP contribution >= 0.6 is 7.37 Å². The normalized spacial score (nSPS) is 21.1. The topological polar surface area (TPSA) is 63.6 Å². The lowest BCUT2D eigenvalue weighted by molar-refractivity contribution is -0.132. The predicted molar refractivity (Wildman–Crippen MR) is 76.9 cm³/mol. The van der Waals surface area contributed by atoms with Crippen molar-refractivity contribution in [1.29, 1.82) is 0 Å². The van der Waals surface area contributed by atoms with Crippen LogP contribution in [0.4, 0.5) is 0 Å². The van der Waals surface area contributed by atoms with E-state index < -0.39 is 13.3 Å². The highest BCUT2D eigenvalue weighted by atomic mass is 31.2. The first-order valence-electron chi connectivity index (χ1n) is 7.17. The van der Waals surface area contributed by atoms with E-state index in [-0.39, 0.29) is 11.7 Å². The maximum Gasteiger partial charge on any atom is 0.331 e. The molecule has 0 spiro atoms. The molecule has 1 fully saturated rings. The molecule has 1 rings (SSSR count). The molecule has 0 aliphatic heterocycles. The van der Waals surface area contributed by atoms with Gasteiger partial charge in [-0.2, -0.15) is 0 Å². The number of aliphatic carboxylic acids is 1. The molecule has 0 aromatic rings. The fourth-order valence-corrected chi connectivity index (χ4v) is 4.25. The van der Waals surface area contributed by atoms with Gasteiger partial charge in [-0.1, -0.05) is 32.3 Å². The third-order valence-electron chi connectivity index (χ3n) is 3.62. The Balaban J connectivity index is 2.79. The first-order valence-corrected chi connectivity index (χ1v) is 9.17. The van der Waals surface area contributed by atoms with Crippen LogP contribution in [0, 0.1) is 5.92 Å². The first-order chi connectivity index (χ1) is 9.00. The quantitative estimate of drug-likeness (QED) is 0.570.